The Kier molecular flexibility index (Phi) is 12.4. The molecule has 1 N–H and O–H groups in total. The Hall–Kier alpha value is -3.23. The van der Waals surface area contributed by atoms with Crippen molar-refractivity contribution in [2.45, 2.75) is 77.0 Å². The Morgan fingerprint density at radius 2 is 1.45 bits per heavy atom. The third-order valence-electron chi connectivity index (χ3n) is 8.55. The molecule has 2 aromatic carbocycles. The van der Waals surface area contributed by atoms with Crippen LogP contribution in [0.15, 0.2) is 42.5 Å². The number of esters is 2. The highest BCUT2D eigenvalue weighted by molar-refractivity contribution is 5.83. The van der Waals surface area contributed by atoms with E-state index in [1.807, 2.05) is 12.1 Å². The van der Waals surface area contributed by atoms with Crippen LogP contribution in [0.25, 0.3) is 0 Å². The van der Waals surface area contributed by atoms with Gasteiger partial charge in [0.15, 0.2) is 6.29 Å². The predicted molar refractivity (Wildman–Crippen MR) is 158 cm³/mol. The van der Waals surface area contributed by atoms with Crippen LogP contribution in [0.4, 0.5) is 0 Å². The van der Waals surface area contributed by atoms with Crippen molar-refractivity contribution in [1.82, 2.24) is 0 Å². The van der Waals surface area contributed by atoms with Crippen molar-refractivity contribution >= 4 is 18.2 Å². The van der Waals surface area contributed by atoms with E-state index in [-0.39, 0.29) is 37.0 Å². The molecule has 8 nitrogen and oxygen atoms in total. The molecule has 2 aliphatic rings. The van der Waals surface area contributed by atoms with Gasteiger partial charge in [-0.05, 0) is 105 Å². The number of aliphatic hydroxyl groups excluding tert-OH is 1. The van der Waals surface area contributed by atoms with E-state index in [1.165, 1.54) is 25.7 Å². The van der Waals surface area contributed by atoms with Gasteiger partial charge >= 0.3 is 11.9 Å². The summed E-state index contributed by atoms with van der Waals surface area (Å²) in [4.78, 5) is 37.6. The Morgan fingerprint density at radius 3 is 2.07 bits per heavy atom. The fourth-order valence-electron chi connectivity index (χ4n) is 6.14. The van der Waals surface area contributed by atoms with Crippen molar-refractivity contribution in [1.29, 1.82) is 0 Å². The lowest BCUT2D eigenvalue weighted by Gasteiger charge is -2.29. The molecule has 0 spiro atoms. The zero-order valence-corrected chi connectivity index (χ0v) is 24.6. The number of carbonyl (C=O) groups is 3. The van der Waals surface area contributed by atoms with Crippen molar-refractivity contribution in [3.05, 3.63) is 53.6 Å². The largest absolute Gasteiger partial charge is 0.491 e. The van der Waals surface area contributed by atoms with E-state index in [1.54, 1.807) is 30.3 Å². The fourth-order valence-corrected chi connectivity index (χ4v) is 6.14. The first-order chi connectivity index (χ1) is 20.5. The molecule has 2 saturated carbocycles. The van der Waals surface area contributed by atoms with E-state index in [0.29, 0.717) is 67.6 Å². The van der Waals surface area contributed by atoms with Gasteiger partial charge in [0.05, 0.1) is 37.2 Å². The Bertz CT molecular complexity index is 1140. The molecule has 228 valence electrons. The summed E-state index contributed by atoms with van der Waals surface area (Å²) in [6, 6.07) is 12.5. The minimum absolute atomic E-state index is 0.0254. The van der Waals surface area contributed by atoms with E-state index in [0.717, 1.165) is 30.6 Å². The second-order valence-corrected chi connectivity index (χ2v) is 11.5. The van der Waals surface area contributed by atoms with Crippen LogP contribution >= 0.6 is 0 Å². The lowest BCUT2D eigenvalue weighted by atomic mass is 9.77. The lowest BCUT2D eigenvalue weighted by molar-refractivity contribution is -0.145. The summed E-state index contributed by atoms with van der Waals surface area (Å²) in [5, 5.41) is 8.71. The third kappa shape index (κ3) is 9.13. The van der Waals surface area contributed by atoms with Crippen LogP contribution in [0, 0.1) is 17.8 Å². The maximum atomic E-state index is 13.0. The first-order valence-electron chi connectivity index (χ1n) is 15.4. The van der Waals surface area contributed by atoms with Crippen LogP contribution in [0.3, 0.4) is 0 Å². The topological polar surface area (TPSA) is 108 Å². The van der Waals surface area contributed by atoms with Crippen molar-refractivity contribution < 1.29 is 38.4 Å². The minimum Gasteiger partial charge on any atom is -0.491 e. The monoisotopic (exact) mass is 580 g/mol. The summed E-state index contributed by atoms with van der Waals surface area (Å²) in [7, 11) is 0. The summed E-state index contributed by atoms with van der Waals surface area (Å²) in [6.07, 6.45) is 10.1. The second kappa shape index (κ2) is 16.4. The number of hydrogen-bond donors (Lipinski definition) is 1. The maximum absolute atomic E-state index is 13.0. The highest BCUT2D eigenvalue weighted by Gasteiger charge is 2.32. The maximum Gasteiger partial charge on any atom is 0.314 e. The number of benzene rings is 2. The van der Waals surface area contributed by atoms with Gasteiger partial charge in [-0.3, -0.25) is 14.4 Å². The fraction of sp³-hybridized carbons (Fsp3) is 0.559. The average Bonchev–Trinajstić information content (AvgIpc) is 3.02. The van der Waals surface area contributed by atoms with Crippen molar-refractivity contribution in [3.8, 4) is 17.2 Å². The zero-order valence-electron chi connectivity index (χ0n) is 24.6. The molecule has 0 unspecified atom stereocenters. The average molecular weight is 581 g/mol. The van der Waals surface area contributed by atoms with Gasteiger partial charge < -0.3 is 24.1 Å². The Labute approximate surface area is 248 Å². The zero-order chi connectivity index (χ0) is 29.7. The molecule has 0 atom stereocenters. The SMILES string of the molecule is CCCC1CCC(c2ccc(OC(=O)C3CCC(C(=O)Oc4ccc(OCCOCCO)cc4)CC3)c(C=O)c2)CC1. The number of aliphatic hydroxyl groups is 1. The molecule has 2 fully saturated rings. The Morgan fingerprint density at radius 1 is 0.810 bits per heavy atom. The predicted octanol–water partition coefficient (Wildman–Crippen LogP) is 6.28. The molecular formula is C34H44O8. The van der Waals surface area contributed by atoms with Gasteiger partial charge in [-0.25, -0.2) is 0 Å². The van der Waals surface area contributed by atoms with E-state index >= 15 is 0 Å². The van der Waals surface area contributed by atoms with Crippen LogP contribution in [-0.4, -0.2) is 49.8 Å². The van der Waals surface area contributed by atoms with E-state index < -0.39 is 0 Å². The molecule has 2 aromatic rings. The van der Waals surface area contributed by atoms with Gasteiger partial charge in [0, 0.05) is 0 Å². The lowest BCUT2D eigenvalue weighted by Crippen LogP contribution is -2.30. The van der Waals surface area contributed by atoms with Gasteiger partial charge in [0.1, 0.15) is 23.9 Å². The molecule has 4 rings (SSSR count). The number of rotatable bonds is 14. The minimum atomic E-state index is -0.352. The summed E-state index contributed by atoms with van der Waals surface area (Å²) < 4.78 is 22.0. The summed E-state index contributed by atoms with van der Waals surface area (Å²) in [5.41, 5.74) is 1.57. The van der Waals surface area contributed by atoms with Crippen LogP contribution in [0.2, 0.25) is 0 Å². The molecule has 0 bridgehead atoms. The molecule has 0 aromatic heterocycles. The third-order valence-corrected chi connectivity index (χ3v) is 8.55. The summed E-state index contributed by atoms with van der Waals surface area (Å²) >= 11 is 0. The summed E-state index contributed by atoms with van der Waals surface area (Å²) in [5.74, 6) is 1.37. The first-order valence-corrected chi connectivity index (χ1v) is 15.4. The molecule has 42 heavy (non-hydrogen) atoms. The smallest absolute Gasteiger partial charge is 0.314 e. The van der Waals surface area contributed by atoms with Gasteiger partial charge in [-0.15, -0.1) is 0 Å². The number of carbonyl (C=O) groups excluding carboxylic acids is 3. The summed E-state index contributed by atoms with van der Waals surface area (Å²) in [6.45, 7) is 3.21. The van der Waals surface area contributed by atoms with Crippen LogP contribution < -0.4 is 14.2 Å². The molecular weight excluding hydrogens is 536 g/mol. The molecule has 0 saturated heterocycles. The molecule has 8 heteroatoms. The van der Waals surface area contributed by atoms with Gasteiger partial charge in [-0.2, -0.15) is 0 Å². The van der Waals surface area contributed by atoms with Crippen molar-refractivity contribution in [2.24, 2.45) is 17.8 Å². The van der Waals surface area contributed by atoms with E-state index in [2.05, 4.69) is 6.92 Å². The van der Waals surface area contributed by atoms with Crippen LogP contribution in [0.1, 0.15) is 93.0 Å². The van der Waals surface area contributed by atoms with Crippen LogP contribution in [0.5, 0.6) is 17.2 Å². The molecule has 0 aliphatic heterocycles. The van der Waals surface area contributed by atoms with E-state index in [9.17, 15) is 14.4 Å². The molecule has 0 amide bonds. The van der Waals surface area contributed by atoms with Gasteiger partial charge in [0.25, 0.3) is 0 Å². The van der Waals surface area contributed by atoms with E-state index in [4.69, 9.17) is 24.1 Å². The standard InChI is InChI=1S/C34H44O8/c1-2-3-24-4-6-25(7-5-24)28-12-17-32(29(22-28)23-36)42-34(38)27-10-8-26(9-11-27)33(37)41-31-15-13-30(14-16-31)40-21-20-39-19-18-35/h12-17,22-27,35H,2-11,18-21H2,1H3. The van der Waals surface area contributed by atoms with Gasteiger partial charge in [-0.1, -0.05) is 25.8 Å². The molecule has 0 radical (unpaired) electrons. The van der Waals surface area contributed by atoms with Crippen LogP contribution in [-0.2, 0) is 14.3 Å². The molecule has 0 heterocycles. The Balaban J connectivity index is 1.21. The highest BCUT2D eigenvalue weighted by atomic mass is 16.5. The first kappa shape index (κ1) is 31.7. The number of ether oxygens (including phenoxy) is 4. The van der Waals surface area contributed by atoms with Crippen molar-refractivity contribution in [3.63, 3.8) is 0 Å². The molecule has 2 aliphatic carbocycles. The second-order valence-electron chi connectivity index (χ2n) is 11.5. The number of hydrogen-bond acceptors (Lipinski definition) is 8. The van der Waals surface area contributed by atoms with Crippen molar-refractivity contribution in [2.75, 3.05) is 26.4 Å². The highest BCUT2D eigenvalue weighted by Crippen LogP contribution is 2.39. The quantitative estimate of drug-likeness (QED) is 0.120. The number of aldehydes is 1. The normalized spacial score (nSPS) is 22.2. The van der Waals surface area contributed by atoms with Gasteiger partial charge in [0.2, 0.25) is 0 Å².